The second-order valence-corrected chi connectivity index (χ2v) is 10.7. The van der Waals surface area contributed by atoms with E-state index < -0.39 is 9.84 Å². The van der Waals surface area contributed by atoms with E-state index in [0.29, 0.717) is 11.4 Å². The predicted molar refractivity (Wildman–Crippen MR) is 95.2 cm³/mol. The van der Waals surface area contributed by atoms with Crippen molar-refractivity contribution in [1.29, 1.82) is 0 Å². The van der Waals surface area contributed by atoms with Crippen LogP contribution in [0.25, 0.3) is 0 Å². The van der Waals surface area contributed by atoms with Crippen LogP contribution in [-0.2, 0) is 9.84 Å². The summed E-state index contributed by atoms with van der Waals surface area (Å²) in [6, 6.07) is 3.60. The largest absolute Gasteiger partial charge is 0.331 e. The molecule has 0 saturated carbocycles. The first-order valence-corrected chi connectivity index (χ1v) is 11.6. The van der Waals surface area contributed by atoms with E-state index in [1.807, 2.05) is 19.1 Å². The van der Waals surface area contributed by atoms with Gasteiger partial charge in [0.05, 0.1) is 26.6 Å². The maximum Gasteiger partial charge on any atom is 0.264 e. The molecule has 2 atom stereocenters. The van der Waals surface area contributed by atoms with Crippen LogP contribution in [0.1, 0.15) is 23.5 Å². The maximum absolute atomic E-state index is 12.9. The van der Waals surface area contributed by atoms with Gasteiger partial charge in [0, 0.05) is 19.1 Å². The van der Waals surface area contributed by atoms with Gasteiger partial charge in [0.2, 0.25) is 0 Å². The van der Waals surface area contributed by atoms with Crippen molar-refractivity contribution < 1.29 is 13.2 Å². The lowest BCUT2D eigenvalue weighted by atomic mass is 10.0. The third kappa shape index (κ3) is 3.45. The molecule has 1 aromatic rings. The van der Waals surface area contributed by atoms with Gasteiger partial charge in [-0.05, 0) is 24.4 Å². The number of sulfone groups is 1. The summed E-state index contributed by atoms with van der Waals surface area (Å²) in [6.07, 6.45) is 0. The van der Waals surface area contributed by atoms with Crippen molar-refractivity contribution in [3.05, 3.63) is 17.0 Å². The third-order valence-electron chi connectivity index (χ3n) is 4.54. The van der Waals surface area contributed by atoms with Crippen molar-refractivity contribution in [3.8, 4) is 0 Å². The molecule has 2 saturated heterocycles. The van der Waals surface area contributed by atoms with E-state index in [-0.39, 0.29) is 29.5 Å². The number of amides is 1. The Balaban J connectivity index is 1.82. The summed E-state index contributed by atoms with van der Waals surface area (Å²) in [4.78, 5) is 17.6. The minimum atomic E-state index is -3.06. The topological polar surface area (TPSA) is 57.7 Å². The predicted octanol–water partition coefficient (Wildman–Crippen LogP) is 1.80. The van der Waals surface area contributed by atoms with Crippen LogP contribution < -0.4 is 0 Å². The van der Waals surface area contributed by atoms with E-state index >= 15 is 0 Å². The molecule has 0 bridgehead atoms. The van der Waals surface area contributed by atoms with E-state index in [4.69, 9.17) is 0 Å². The molecule has 2 aliphatic heterocycles. The molecular formula is C15H22N2O3S3. The minimum Gasteiger partial charge on any atom is -0.331 e. The van der Waals surface area contributed by atoms with Gasteiger partial charge < -0.3 is 4.90 Å². The van der Waals surface area contributed by atoms with Gasteiger partial charge in [0.25, 0.3) is 5.91 Å². The molecule has 8 heteroatoms. The molecular weight excluding hydrogens is 352 g/mol. The second-order valence-electron chi connectivity index (χ2n) is 5.89. The second kappa shape index (κ2) is 6.74. The summed E-state index contributed by atoms with van der Waals surface area (Å²) in [6.45, 7) is 6.32. The van der Waals surface area contributed by atoms with Gasteiger partial charge in [-0.3, -0.25) is 9.69 Å². The van der Waals surface area contributed by atoms with Gasteiger partial charge >= 0.3 is 0 Å². The fraction of sp³-hybridized carbons (Fsp3) is 0.667. The molecule has 3 heterocycles. The van der Waals surface area contributed by atoms with Crippen molar-refractivity contribution in [2.24, 2.45) is 0 Å². The van der Waals surface area contributed by atoms with Gasteiger partial charge in [-0.25, -0.2) is 8.42 Å². The standard InChI is InChI=1S/C15H22N2O3S3/c1-3-16-7-8-17(12-10-23(19,20)9-11(12)16)15(18)13-5-6-14(22-13)21-4-2/h5-6,11-12H,3-4,7-10H2,1-2H3/t11-,12+/m1/s1. The van der Waals surface area contributed by atoms with E-state index in [1.54, 1.807) is 16.7 Å². The van der Waals surface area contributed by atoms with Crippen molar-refractivity contribution >= 4 is 38.8 Å². The van der Waals surface area contributed by atoms with E-state index in [1.165, 1.54) is 11.3 Å². The first kappa shape index (κ1) is 17.3. The van der Waals surface area contributed by atoms with Crippen LogP contribution in [0.5, 0.6) is 0 Å². The van der Waals surface area contributed by atoms with Gasteiger partial charge in [-0.2, -0.15) is 0 Å². The zero-order valence-corrected chi connectivity index (χ0v) is 15.8. The molecule has 1 aromatic heterocycles. The SMILES string of the molecule is CCSc1ccc(C(=O)N2CCN(CC)[C@@H]3CS(=O)(=O)C[C@@H]32)s1. The molecule has 5 nitrogen and oxygen atoms in total. The van der Waals surface area contributed by atoms with Crippen molar-refractivity contribution in [2.45, 2.75) is 30.1 Å². The van der Waals surface area contributed by atoms with Crippen LogP contribution in [0.3, 0.4) is 0 Å². The lowest BCUT2D eigenvalue weighted by molar-refractivity contribution is 0.0353. The molecule has 0 aromatic carbocycles. The number of likely N-dealkylation sites (N-methyl/N-ethyl adjacent to an activating group) is 1. The Morgan fingerprint density at radius 3 is 2.70 bits per heavy atom. The average Bonchev–Trinajstić information content (AvgIpc) is 3.09. The van der Waals surface area contributed by atoms with E-state index in [2.05, 4.69) is 11.8 Å². The lowest BCUT2D eigenvalue weighted by Crippen LogP contribution is -2.60. The molecule has 0 spiro atoms. The van der Waals surface area contributed by atoms with Crippen LogP contribution in [0.15, 0.2) is 16.3 Å². The Morgan fingerprint density at radius 1 is 1.26 bits per heavy atom. The average molecular weight is 375 g/mol. The molecule has 2 aliphatic rings. The van der Waals surface area contributed by atoms with Crippen molar-refractivity contribution in [2.75, 3.05) is 36.9 Å². The first-order valence-electron chi connectivity index (χ1n) is 7.93. The summed E-state index contributed by atoms with van der Waals surface area (Å²) in [5.41, 5.74) is 0. The number of thioether (sulfide) groups is 1. The number of thiophene rings is 1. The molecule has 2 fully saturated rings. The van der Waals surface area contributed by atoms with Crippen LogP contribution >= 0.6 is 23.1 Å². The lowest BCUT2D eigenvalue weighted by Gasteiger charge is -2.43. The van der Waals surface area contributed by atoms with Gasteiger partial charge in [0.15, 0.2) is 9.84 Å². The van der Waals surface area contributed by atoms with Crippen LogP contribution in [0.2, 0.25) is 0 Å². The van der Waals surface area contributed by atoms with E-state index in [9.17, 15) is 13.2 Å². The van der Waals surface area contributed by atoms with Crippen LogP contribution in [0.4, 0.5) is 0 Å². The minimum absolute atomic E-state index is 0.0131. The summed E-state index contributed by atoms with van der Waals surface area (Å²) in [5.74, 6) is 1.24. The summed E-state index contributed by atoms with van der Waals surface area (Å²) in [5, 5.41) is 0. The number of rotatable bonds is 4. The first-order chi connectivity index (χ1) is 10.9. The number of piperazine rings is 1. The zero-order valence-electron chi connectivity index (χ0n) is 13.4. The Bertz CT molecular complexity index is 686. The Hall–Kier alpha value is -0.570. The highest BCUT2D eigenvalue weighted by Crippen LogP contribution is 2.31. The van der Waals surface area contributed by atoms with Gasteiger partial charge in [-0.1, -0.05) is 13.8 Å². The quantitative estimate of drug-likeness (QED) is 0.752. The van der Waals surface area contributed by atoms with Gasteiger partial charge in [-0.15, -0.1) is 23.1 Å². The fourth-order valence-corrected chi connectivity index (χ4v) is 7.48. The molecule has 128 valence electrons. The number of nitrogens with zero attached hydrogens (tertiary/aromatic N) is 2. The number of fused-ring (bicyclic) bond motifs is 1. The highest BCUT2D eigenvalue weighted by molar-refractivity contribution is 8.01. The molecule has 3 rings (SSSR count). The Kier molecular flexibility index (Phi) is 5.06. The molecule has 0 aliphatic carbocycles. The summed E-state index contributed by atoms with van der Waals surface area (Å²) < 4.78 is 25.3. The maximum atomic E-state index is 12.9. The zero-order chi connectivity index (χ0) is 16.6. The smallest absolute Gasteiger partial charge is 0.264 e. The molecule has 0 unspecified atom stereocenters. The van der Waals surface area contributed by atoms with Crippen LogP contribution in [-0.4, -0.2) is 73.1 Å². The van der Waals surface area contributed by atoms with Crippen molar-refractivity contribution in [1.82, 2.24) is 9.80 Å². The summed E-state index contributed by atoms with van der Waals surface area (Å²) >= 11 is 3.24. The van der Waals surface area contributed by atoms with Crippen LogP contribution in [0, 0.1) is 0 Å². The monoisotopic (exact) mass is 374 g/mol. The number of hydrogen-bond donors (Lipinski definition) is 0. The third-order valence-corrected chi connectivity index (χ3v) is 8.42. The molecule has 0 N–H and O–H groups in total. The Morgan fingerprint density at radius 2 is 2.00 bits per heavy atom. The van der Waals surface area contributed by atoms with Crippen molar-refractivity contribution in [3.63, 3.8) is 0 Å². The fourth-order valence-electron chi connectivity index (χ4n) is 3.47. The molecule has 23 heavy (non-hydrogen) atoms. The number of hydrogen-bond acceptors (Lipinski definition) is 6. The normalized spacial score (nSPS) is 27.1. The highest BCUT2D eigenvalue weighted by atomic mass is 32.2. The highest BCUT2D eigenvalue weighted by Gasteiger charge is 2.47. The number of carbonyl (C=O) groups excluding carboxylic acids is 1. The van der Waals surface area contributed by atoms with E-state index in [0.717, 1.165) is 23.1 Å². The number of carbonyl (C=O) groups is 1. The Labute approximate surface area is 146 Å². The van der Waals surface area contributed by atoms with Gasteiger partial charge in [0.1, 0.15) is 0 Å². The molecule has 1 amide bonds. The summed E-state index contributed by atoms with van der Waals surface area (Å²) in [7, 11) is -3.06. The molecule has 0 radical (unpaired) electrons.